The van der Waals surface area contributed by atoms with Crippen molar-refractivity contribution in [2.45, 2.75) is 43.1 Å². The summed E-state index contributed by atoms with van der Waals surface area (Å²) < 4.78 is 6.63. The van der Waals surface area contributed by atoms with Gasteiger partial charge in [0.2, 0.25) is 5.89 Å². The molecule has 5 heteroatoms. The van der Waals surface area contributed by atoms with E-state index in [0.29, 0.717) is 5.82 Å². The van der Waals surface area contributed by atoms with E-state index < -0.39 is 0 Å². The number of aromatic nitrogens is 2. The van der Waals surface area contributed by atoms with E-state index in [1.54, 1.807) is 0 Å². The summed E-state index contributed by atoms with van der Waals surface area (Å²) in [5.41, 5.74) is 7.09. The van der Waals surface area contributed by atoms with E-state index in [9.17, 15) is 0 Å². The molecule has 2 aliphatic rings. The SMILES string of the molecule is NC1(c2noc(C3(c4ccc(Br)cc4)CC3)n2)CCC1. The molecule has 1 heterocycles. The molecule has 1 aromatic heterocycles. The largest absolute Gasteiger partial charge is 0.338 e. The fourth-order valence-electron chi connectivity index (χ4n) is 2.92. The minimum Gasteiger partial charge on any atom is -0.338 e. The number of benzene rings is 1. The third-order valence-electron chi connectivity index (χ3n) is 4.67. The Morgan fingerprint density at radius 3 is 2.35 bits per heavy atom. The first kappa shape index (κ1) is 12.5. The Bertz CT molecular complexity index is 641. The molecule has 0 atom stereocenters. The molecule has 0 amide bonds. The van der Waals surface area contributed by atoms with Gasteiger partial charge in [-0.2, -0.15) is 4.98 Å². The summed E-state index contributed by atoms with van der Waals surface area (Å²) >= 11 is 3.47. The lowest BCUT2D eigenvalue weighted by Gasteiger charge is -2.34. The Kier molecular flexibility index (Phi) is 2.60. The minimum absolute atomic E-state index is 0.0773. The lowest BCUT2D eigenvalue weighted by Crippen LogP contribution is -2.44. The van der Waals surface area contributed by atoms with Crippen molar-refractivity contribution in [1.82, 2.24) is 10.1 Å². The van der Waals surface area contributed by atoms with E-state index in [0.717, 1.165) is 42.5 Å². The van der Waals surface area contributed by atoms with Gasteiger partial charge < -0.3 is 10.3 Å². The van der Waals surface area contributed by atoms with Crippen molar-refractivity contribution in [3.63, 3.8) is 0 Å². The smallest absolute Gasteiger partial charge is 0.237 e. The molecule has 0 bridgehead atoms. The van der Waals surface area contributed by atoms with Crippen LogP contribution in [0.3, 0.4) is 0 Å². The molecular weight excluding hydrogens is 318 g/mol. The van der Waals surface area contributed by atoms with Crippen molar-refractivity contribution in [2.24, 2.45) is 5.73 Å². The average Bonchev–Trinajstić information content (AvgIpc) is 3.07. The number of nitrogens with two attached hydrogens (primary N) is 1. The van der Waals surface area contributed by atoms with Crippen LogP contribution in [0.4, 0.5) is 0 Å². The van der Waals surface area contributed by atoms with Gasteiger partial charge in [0, 0.05) is 4.47 Å². The quantitative estimate of drug-likeness (QED) is 0.936. The second kappa shape index (κ2) is 4.15. The zero-order chi connectivity index (χ0) is 13.8. The lowest BCUT2D eigenvalue weighted by molar-refractivity contribution is 0.228. The summed E-state index contributed by atoms with van der Waals surface area (Å²) in [6.45, 7) is 0. The maximum atomic E-state index is 6.27. The van der Waals surface area contributed by atoms with Crippen LogP contribution in [-0.4, -0.2) is 10.1 Å². The molecule has 0 radical (unpaired) electrons. The maximum Gasteiger partial charge on any atom is 0.237 e. The second-order valence-electron chi connectivity index (χ2n) is 6.02. The predicted molar refractivity (Wildman–Crippen MR) is 78.2 cm³/mol. The maximum absolute atomic E-state index is 6.27. The molecule has 1 aromatic carbocycles. The van der Waals surface area contributed by atoms with Gasteiger partial charge in [-0.25, -0.2) is 0 Å². The molecule has 0 saturated heterocycles. The van der Waals surface area contributed by atoms with Crippen LogP contribution in [0.15, 0.2) is 33.3 Å². The third kappa shape index (κ3) is 1.76. The standard InChI is InChI=1S/C15H16BrN3O/c16-11-4-2-10(3-5-11)14(8-9-14)13-18-12(19-20-13)15(17)6-1-7-15/h2-5H,1,6-9,17H2. The van der Waals surface area contributed by atoms with Crippen LogP contribution in [0.1, 0.15) is 49.4 Å². The number of nitrogens with zero attached hydrogens (tertiary/aromatic N) is 2. The normalized spacial score (nSPS) is 22.3. The van der Waals surface area contributed by atoms with Crippen molar-refractivity contribution in [3.8, 4) is 0 Å². The summed E-state index contributed by atoms with van der Waals surface area (Å²) in [5, 5.41) is 4.14. The van der Waals surface area contributed by atoms with Crippen molar-refractivity contribution < 1.29 is 4.52 Å². The molecule has 0 aliphatic heterocycles. The van der Waals surface area contributed by atoms with Gasteiger partial charge in [0.25, 0.3) is 0 Å². The van der Waals surface area contributed by atoms with Crippen LogP contribution in [0.2, 0.25) is 0 Å². The van der Waals surface area contributed by atoms with E-state index in [4.69, 9.17) is 10.3 Å². The van der Waals surface area contributed by atoms with Crippen molar-refractivity contribution in [3.05, 3.63) is 46.0 Å². The lowest BCUT2D eigenvalue weighted by atomic mass is 9.77. The van der Waals surface area contributed by atoms with Gasteiger partial charge in [-0.05, 0) is 49.8 Å². The first-order valence-electron chi connectivity index (χ1n) is 7.02. The minimum atomic E-state index is -0.350. The molecule has 20 heavy (non-hydrogen) atoms. The van der Waals surface area contributed by atoms with Gasteiger partial charge >= 0.3 is 0 Å². The van der Waals surface area contributed by atoms with Crippen LogP contribution in [0.5, 0.6) is 0 Å². The number of hydrogen-bond acceptors (Lipinski definition) is 4. The summed E-state index contributed by atoms with van der Waals surface area (Å²) in [7, 11) is 0. The highest BCUT2D eigenvalue weighted by molar-refractivity contribution is 9.10. The van der Waals surface area contributed by atoms with Crippen molar-refractivity contribution in [1.29, 1.82) is 0 Å². The molecule has 2 aromatic rings. The third-order valence-corrected chi connectivity index (χ3v) is 5.20. The number of halogens is 1. The topological polar surface area (TPSA) is 64.9 Å². The van der Waals surface area contributed by atoms with E-state index >= 15 is 0 Å². The van der Waals surface area contributed by atoms with E-state index in [1.807, 2.05) is 0 Å². The number of hydrogen-bond donors (Lipinski definition) is 1. The first-order valence-corrected chi connectivity index (χ1v) is 7.81. The highest BCUT2D eigenvalue weighted by Crippen LogP contribution is 2.53. The van der Waals surface area contributed by atoms with E-state index in [2.05, 4.69) is 50.3 Å². The van der Waals surface area contributed by atoms with Gasteiger partial charge in [-0.15, -0.1) is 0 Å². The summed E-state index contributed by atoms with van der Waals surface area (Å²) in [4.78, 5) is 4.62. The van der Waals surface area contributed by atoms with E-state index in [-0.39, 0.29) is 11.0 Å². The van der Waals surface area contributed by atoms with Crippen molar-refractivity contribution in [2.75, 3.05) is 0 Å². The van der Waals surface area contributed by atoms with Crippen LogP contribution in [-0.2, 0) is 11.0 Å². The molecule has 2 aliphatic carbocycles. The molecule has 4 nitrogen and oxygen atoms in total. The summed E-state index contributed by atoms with van der Waals surface area (Å²) in [6.07, 6.45) is 5.19. The molecule has 0 unspecified atom stereocenters. The Morgan fingerprint density at radius 2 is 1.80 bits per heavy atom. The van der Waals surface area contributed by atoms with Crippen LogP contribution < -0.4 is 5.73 Å². The highest BCUT2D eigenvalue weighted by Gasteiger charge is 2.52. The molecule has 2 fully saturated rings. The second-order valence-corrected chi connectivity index (χ2v) is 6.94. The van der Waals surface area contributed by atoms with Gasteiger partial charge in [-0.1, -0.05) is 33.2 Å². The molecule has 2 saturated carbocycles. The summed E-state index contributed by atoms with van der Waals surface area (Å²) in [6, 6.07) is 8.37. The monoisotopic (exact) mass is 333 g/mol. The van der Waals surface area contributed by atoms with Gasteiger partial charge in [0.1, 0.15) is 0 Å². The van der Waals surface area contributed by atoms with Crippen molar-refractivity contribution >= 4 is 15.9 Å². The molecular formula is C15H16BrN3O. The Hall–Kier alpha value is -1.20. The predicted octanol–water partition coefficient (Wildman–Crippen LogP) is 3.25. The van der Waals surface area contributed by atoms with Crippen LogP contribution in [0, 0.1) is 0 Å². The Labute approximate surface area is 125 Å². The molecule has 4 rings (SSSR count). The average molecular weight is 334 g/mol. The summed E-state index contributed by atoms with van der Waals surface area (Å²) in [5.74, 6) is 1.41. The Balaban J connectivity index is 1.68. The zero-order valence-corrected chi connectivity index (χ0v) is 12.7. The fraction of sp³-hybridized carbons (Fsp3) is 0.467. The van der Waals surface area contributed by atoms with Gasteiger partial charge in [-0.3, -0.25) is 0 Å². The van der Waals surface area contributed by atoms with Crippen LogP contribution >= 0.6 is 15.9 Å². The Morgan fingerprint density at radius 1 is 1.10 bits per heavy atom. The first-order chi connectivity index (χ1) is 9.62. The van der Waals surface area contributed by atoms with Gasteiger partial charge in [0.05, 0.1) is 11.0 Å². The fourth-order valence-corrected chi connectivity index (χ4v) is 3.19. The molecule has 0 spiro atoms. The van der Waals surface area contributed by atoms with E-state index in [1.165, 1.54) is 5.56 Å². The van der Waals surface area contributed by atoms with Crippen LogP contribution in [0.25, 0.3) is 0 Å². The number of rotatable bonds is 3. The van der Waals surface area contributed by atoms with Gasteiger partial charge in [0.15, 0.2) is 5.82 Å². The zero-order valence-electron chi connectivity index (χ0n) is 11.1. The molecule has 2 N–H and O–H groups in total. The highest BCUT2D eigenvalue weighted by atomic mass is 79.9. The molecule has 104 valence electrons.